The number of hydrogen-bond donors (Lipinski definition) is 4. The number of carbonyl (C=O) groups is 2. The molecule has 3 amide bonds. The van der Waals surface area contributed by atoms with Crippen molar-refractivity contribution in [3.05, 3.63) is 60.2 Å². The van der Waals surface area contributed by atoms with Crippen LogP contribution in [-0.4, -0.2) is 31.1 Å². The average molecular weight is 389 g/mol. The summed E-state index contributed by atoms with van der Waals surface area (Å²) in [4.78, 5) is 24.4. The van der Waals surface area contributed by atoms with Gasteiger partial charge in [0, 0.05) is 23.0 Å². The van der Waals surface area contributed by atoms with Gasteiger partial charge in [0.25, 0.3) is 5.91 Å². The number of carbonyl (C=O) groups excluding carboxylic acids is 2. The molecular weight excluding hydrogens is 364 g/mol. The van der Waals surface area contributed by atoms with Crippen LogP contribution in [0.1, 0.15) is 23.7 Å². The molecule has 2 atom stereocenters. The predicted molar refractivity (Wildman–Crippen MR) is 111 cm³/mol. The van der Waals surface area contributed by atoms with Crippen LogP contribution in [0.25, 0.3) is 0 Å². The van der Waals surface area contributed by atoms with Gasteiger partial charge >= 0.3 is 6.03 Å². The van der Waals surface area contributed by atoms with Crippen molar-refractivity contribution in [3.63, 3.8) is 0 Å². The van der Waals surface area contributed by atoms with Gasteiger partial charge in [0.15, 0.2) is 0 Å². The summed E-state index contributed by atoms with van der Waals surface area (Å²) in [6.07, 6.45) is 0.937. The third-order valence-corrected chi connectivity index (χ3v) is 4.54. The first kappa shape index (κ1) is 20.7. The van der Waals surface area contributed by atoms with Gasteiger partial charge < -0.3 is 21.3 Å². The van der Waals surface area contributed by atoms with Crippen molar-refractivity contribution >= 4 is 35.7 Å². The largest absolute Gasteiger partial charge is 0.349 e. The van der Waals surface area contributed by atoms with E-state index in [0.717, 1.165) is 25.2 Å². The molecule has 0 aromatic heterocycles. The van der Waals surface area contributed by atoms with E-state index in [2.05, 4.69) is 28.2 Å². The molecule has 6 nitrogen and oxygen atoms in total. The predicted octanol–water partition coefficient (Wildman–Crippen LogP) is 3.48. The van der Waals surface area contributed by atoms with Gasteiger partial charge in [0.1, 0.15) is 0 Å². The van der Waals surface area contributed by atoms with Crippen LogP contribution in [0.2, 0.25) is 0 Å². The number of para-hydroxylation sites is 1. The average Bonchev–Trinajstić information content (AvgIpc) is 2.65. The summed E-state index contributed by atoms with van der Waals surface area (Å²) in [5, 5.41) is 11.9. The number of urea groups is 1. The minimum Gasteiger partial charge on any atom is -0.349 e. The molecule has 144 valence electrons. The highest BCUT2D eigenvalue weighted by atomic mass is 35.5. The van der Waals surface area contributed by atoms with E-state index in [1.165, 1.54) is 0 Å². The van der Waals surface area contributed by atoms with Crippen LogP contribution < -0.4 is 21.3 Å². The lowest BCUT2D eigenvalue weighted by Gasteiger charge is -2.30. The molecule has 2 aromatic carbocycles. The summed E-state index contributed by atoms with van der Waals surface area (Å²) in [5.41, 5.74) is 1.94. The van der Waals surface area contributed by atoms with E-state index in [1.54, 1.807) is 24.3 Å². The Hall–Kier alpha value is -2.57. The van der Waals surface area contributed by atoms with Crippen molar-refractivity contribution in [2.24, 2.45) is 5.92 Å². The zero-order valence-electron chi connectivity index (χ0n) is 15.2. The van der Waals surface area contributed by atoms with Gasteiger partial charge in [-0.1, -0.05) is 25.1 Å². The Morgan fingerprint density at radius 3 is 2.22 bits per heavy atom. The number of nitrogens with one attached hydrogen (secondary N) is 4. The minimum absolute atomic E-state index is 0. The Balaban J connectivity index is 0.00000261. The second-order valence-corrected chi connectivity index (χ2v) is 6.57. The second-order valence-electron chi connectivity index (χ2n) is 6.57. The lowest BCUT2D eigenvalue weighted by Crippen LogP contribution is -2.48. The molecular formula is C20H25ClN4O2. The SMILES string of the molecule is CC1CNCCC1NC(=O)c1ccc(NC(=O)Nc2ccccc2)cc1.Cl. The molecule has 1 aliphatic heterocycles. The molecule has 1 aliphatic rings. The van der Waals surface area contributed by atoms with Gasteiger partial charge in [0.2, 0.25) is 0 Å². The van der Waals surface area contributed by atoms with Gasteiger partial charge in [0.05, 0.1) is 0 Å². The Labute approximate surface area is 165 Å². The fourth-order valence-corrected chi connectivity index (χ4v) is 3.00. The van der Waals surface area contributed by atoms with Crippen molar-refractivity contribution in [2.75, 3.05) is 23.7 Å². The van der Waals surface area contributed by atoms with Crippen LogP contribution in [0.4, 0.5) is 16.2 Å². The third kappa shape index (κ3) is 5.98. The summed E-state index contributed by atoms with van der Waals surface area (Å²) < 4.78 is 0. The maximum atomic E-state index is 12.4. The first-order valence-electron chi connectivity index (χ1n) is 8.86. The molecule has 0 spiro atoms. The van der Waals surface area contributed by atoms with Crippen LogP contribution in [0, 0.1) is 5.92 Å². The van der Waals surface area contributed by atoms with Crippen LogP contribution in [-0.2, 0) is 0 Å². The van der Waals surface area contributed by atoms with Crippen molar-refractivity contribution in [1.82, 2.24) is 10.6 Å². The van der Waals surface area contributed by atoms with Crippen LogP contribution in [0.3, 0.4) is 0 Å². The zero-order chi connectivity index (χ0) is 18.4. The number of benzene rings is 2. The molecule has 0 radical (unpaired) electrons. The molecule has 7 heteroatoms. The Morgan fingerprint density at radius 2 is 1.59 bits per heavy atom. The Kier molecular flexibility index (Phi) is 7.64. The molecule has 27 heavy (non-hydrogen) atoms. The van der Waals surface area contributed by atoms with Gasteiger partial charge in [-0.2, -0.15) is 0 Å². The summed E-state index contributed by atoms with van der Waals surface area (Å²) in [5.74, 6) is 0.333. The molecule has 2 unspecified atom stereocenters. The van der Waals surface area contributed by atoms with Gasteiger partial charge in [-0.05, 0) is 61.8 Å². The topological polar surface area (TPSA) is 82.3 Å². The van der Waals surface area contributed by atoms with Crippen LogP contribution in [0.15, 0.2) is 54.6 Å². The van der Waals surface area contributed by atoms with Crippen molar-refractivity contribution < 1.29 is 9.59 Å². The summed E-state index contributed by atoms with van der Waals surface area (Å²) in [6.45, 7) is 3.98. The second kappa shape index (κ2) is 9.94. The molecule has 1 saturated heterocycles. The Morgan fingerprint density at radius 1 is 0.963 bits per heavy atom. The number of hydrogen-bond acceptors (Lipinski definition) is 3. The molecule has 0 bridgehead atoms. The van der Waals surface area contributed by atoms with Gasteiger partial charge in [-0.25, -0.2) is 4.79 Å². The van der Waals surface area contributed by atoms with Crippen molar-refractivity contribution in [2.45, 2.75) is 19.4 Å². The molecule has 3 rings (SSSR count). The number of amides is 3. The third-order valence-electron chi connectivity index (χ3n) is 4.54. The van der Waals surface area contributed by atoms with E-state index in [-0.39, 0.29) is 30.4 Å². The molecule has 0 saturated carbocycles. The minimum atomic E-state index is -0.322. The summed E-state index contributed by atoms with van der Waals surface area (Å²) in [7, 11) is 0. The van der Waals surface area contributed by atoms with Gasteiger partial charge in [-0.3, -0.25) is 4.79 Å². The summed E-state index contributed by atoms with van der Waals surface area (Å²) >= 11 is 0. The maximum Gasteiger partial charge on any atom is 0.323 e. The molecule has 4 N–H and O–H groups in total. The number of halogens is 1. The highest BCUT2D eigenvalue weighted by Crippen LogP contribution is 2.14. The van der Waals surface area contributed by atoms with E-state index in [0.29, 0.717) is 17.2 Å². The molecule has 1 heterocycles. The van der Waals surface area contributed by atoms with E-state index in [9.17, 15) is 9.59 Å². The van der Waals surface area contributed by atoms with E-state index in [1.807, 2.05) is 30.3 Å². The monoisotopic (exact) mass is 388 g/mol. The molecule has 0 aliphatic carbocycles. The lowest BCUT2D eigenvalue weighted by atomic mass is 9.95. The normalized spacial score (nSPS) is 18.7. The molecule has 1 fully saturated rings. The zero-order valence-corrected chi connectivity index (χ0v) is 16.0. The lowest BCUT2D eigenvalue weighted by molar-refractivity contribution is 0.0914. The van der Waals surface area contributed by atoms with Gasteiger partial charge in [-0.15, -0.1) is 12.4 Å². The highest BCUT2D eigenvalue weighted by Gasteiger charge is 2.22. The van der Waals surface area contributed by atoms with Crippen LogP contribution in [0.5, 0.6) is 0 Å². The van der Waals surface area contributed by atoms with E-state index >= 15 is 0 Å². The highest BCUT2D eigenvalue weighted by molar-refractivity contribution is 6.00. The first-order valence-corrected chi connectivity index (χ1v) is 8.86. The molecule has 2 aromatic rings. The quantitative estimate of drug-likeness (QED) is 0.647. The maximum absolute atomic E-state index is 12.4. The van der Waals surface area contributed by atoms with Crippen molar-refractivity contribution in [1.29, 1.82) is 0 Å². The standard InChI is InChI=1S/C20H24N4O2.ClH/c1-14-13-21-12-11-18(14)24-19(25)15-7-9-17(10-8-15)23-20(26)22-16-5-3-2-4-6-16;/h2-10,14,18,21H,11-13H2,1H3,(H,24,25)(H2,22,23,26);1H. The van der Waals surface area contributed by atoms with E-state index in [4.69, 9.17) is 0 Å². The number of anilines is 2. The number of piperidine rings is 1. The Bertz CT molecular complexity index is 752. The summed E-state index contributed by atoms with van der Waals surface area (Å²) in [6, 6.07) is 16.0. The van der Waals surface area contributed by atoms with E-state index < -0.39 is 0 Å². The van der Waals surface area contributed by atoms with Crippen LogP contribution >= 0.6 is 12.4 Å². The number of rotatable bonds is 4. The fraction of sp³-hybridized carbons (Fsp3) is 0.300. The van der Waals surface area contributed by atoms with Crippen molar-refractivity contribution in [3.8, 4) is 0 Å². The smallest absolute Gasteiger partial charge is 0.323 e. The fourth-order valence-electron chi connectivity index (χ4n) is 3.00. The first-order chi connectivity index (χ1) is 12.6.